The van der Waals surface area contributed by atoms with Crippen LogP contribution in [0, 0.1) is 0 Å². The van der Waals surface area contributed by atoms with E-state index in [1.807, 2.05) is 0 Å². The smallest absolute Gasteiger partial charge is 0.0693 e. The molecule has 0 bridgehead atoms. The van der Waals surface area contributed by atoms with Gasteiger partial charge in [-0.05, 0) is 37.5 Å². The highest BCUT2D eigenvalue weighted by atomic mass is 79.9. The lowest BCUT2D eigenvalue weighted by Gasteiger charge is -2.26. The minimum atomic E-state index is -0.189. The van der Waals surface area contributed by atoms with E-state index in [0.717, 1.165) is 23.7 Å². The average Bonchev–Trinajstić information content (AvgIpc) is 2.56. The second-order valence-corrected chi connectivity index (χ2v) is 6.17. The standard InChI is InChI=1S/C15H22BrNO/c1-11(12-7-9-13(16)10-8-12)17-14-5-3-2-4-6-15(14)18/h7-11,14-15,17-18H,2-6H2,1H3/t11-,14?,15?/m1/s1. The minimum Gasteiger partial charge on any atom is -0.392 e. The zero-order chi connectivity index (χ0) is 13.0. The van der Waals surface area contributed by atoms with Gasteiger partial charge in [0.25, 0.3) is 0 Å². The van der Waals surface area contributed by atoms with Gasteiger partial charge in [0.15, 0.2) is 0 Å². The van der Waals surface area contributed by atoms with Crippen molar-refractivity contribution >= 4 is 15.9 Å². The summed E-state index contributed by atoms with van der Waals surface area (Å²) >= 11 is 3.45. The monoisotopic (exact) mass is 311 g/mol. The first-order chi connectivity index (χ1) is 8.66. The Bertz CT molecular complexity index is 365. The molecule has 0 aromatic heterocycles. The van der Waals surface area contributed by atoms with Crippen LogP contribution in [0.5, 0.6) is 0 Å². The van der Waals surface area contributed by atoms with Crippen molar-refractivity contribution in [3.63, 3.8) is 0 Å². The lowest BCUT2D eigenvalue weighted by molar-refractivity contribution is 0.115. The first-order valence-corrected chi connectivity index (χ1v) is 7.65. The number of hydrogen-bond acceptors (Lipinski definition) is 2. The molecule has 0 aliphatic heterocycles. The molecule has 18 heavy (non-hydrogen) atoms. The Morgan fingerprint density at radius 1 is 1.17 bits per heavy atom. The van der Waals surface area contributed by atoms with Gasteiger partial charge in [-0.2, -0.15) is 0 Å². The second-order valence-electron chi connectivity index (χ2n) is 5.25. The summed E-state index contributed by atoms with van der Waals surface area (Å²) in [5.41, 5.74) is 1.27. The Balaban J connectivity index is 1.97. The Kier molecular flexibility index (Phi) is 5.22. The fourth-order valence-corrected chi connectivity index (χ4v) is 2.92. The lowest BCUT2D eigenvalue weighted by atomic mass is 10.0. The van der Waals surface area contributed by atoms with Crippen LogP contribution in [0.4, 0.5) is 0 Å². The molecule has 0 amide bonds. The predicted octanol–water partition coefficient (Wildman–Crippen LogP) is 3.79. The zero-order valence-corrected chi connectivity index (χ0v) is 12.5. The number of benzene rings is 1. The van der Waals surface area contributed by atoms with Gasteiger partial charge in [0, 0.05) is 16.6 Å². The van der Waals surface area contributed by atoms with Crippen molar-refractivity contribution in [3.8, 4) is 0 Å². The molecule has 1 aromatic carbocycles. The SMILES string of the molecule is C[C@@H](NC1CCCCCC1O)c1ccc(Br)cc1. The Labute approximate surface area is 118 Å². The molecular weight excluding hydrogens is 290 g/mol. The molecule has 3 atom stereocenters. The van der Waals surface area contributed by atoms with Crippen molar-refractivity contribution in [2.45, 2.75) is 57.2 Å². The van der Waals surface area contributed by atoms with Crippen molar-refractivity contribution in [2.75, 3.05) is 0 Å². The first kappa shape index (κ1) is 14.0. The van der Waals surface area contributed by atoms with E-state index < -0.39 is 0 Å². The maximum atomic E-state index is 10.1. The molecule has 1 saturated carbocycles. The number of nitrogens with one attached hydrogen (secondary N) is 1. The van der Waals surface area contributed by atoms with Crippen LogP contribution in [-0.4, -0.2) is 17.3 Å². The van der Waals surface area contributed by atoms with Crippen molar-refractivity contribution < 1.29 is 5.11 Å². The van der Waals surface area contributed by atoms with Crippen molar-refractivity contribution in [2.24, 2.45) is 0 Å². The second kappa shape index (κ2) is 6.69. The maximum absolute atomic E-state index is 10.1. The maximum Gasteiger partial charge on any atom is 0.0693 e. The molecule has 0 spiro atoms. The van der Waals surface area contributed by atoms with Crippen LogP contribution >= 0.6 is 15.9 Å². The summed E-state index contributed by atoms with van der Waals surface area (Å²) in [6, 6.07) is 8.92. The summed E-state index contributed by atoms with van der Waals surface area (Å²) < 4.78 is 1.10. The molecule has 0 radical (unpaired) electrons. The van der Waals surface area contributed by atoms with Crippen LogP contribution in [0.25, 0.3) is 0 Å². The number of rotatable bonds is 3. The fourth-order valence-electron chi connectivity index (χ4n) is 2.65. The van der Waals surface area contributed by atoms with Gasteiger partial charge >= 0.3 is 0 Å². The molecule has 0 heterocycles. The van der Waals surface area contributed by atoms with Gasteiger partial charge in [0.2, 0.25) is 0 Å². The topological polar surface area (TPSA) is 32.3 Å². The van der Waals surface area contributed by atoms with E-state index >= 15 is 0 Å². The molecule has 1 aromatic rings. The van der Waals surface area contributed by atoms with E-state index in [-0.39, 0.29) is 18.2 Å². The Hall–Kier alpha value is -0.380. The molecule has 3 heteroatoms. The Morgan fingerprint density at radius 3 is 2.56 bits per heavy atom. The first-order valence-electron chi connectivity index (χ1n) is 6.86. The summed E-state index contributed by atoms with van der Waals surface area (Å²) in [7, 11) is 0. The van der Waals surface area contributed by atoms with Crippen LogP contribution in [0.2, 0.25) is 0 Å². The highest BCUT2D eigenvalue weighted by molar-refractivity contribution is 9.10. The Morgan fingerprint density at radius 2 is 1.83 bits per heavy atom. The van der Waals surface area contributed by atoms with E-state index in [0.29, 0.717) is 0 Å². The predicted molar refractivity (Wildman–Crippen MR) is 78.6 cm³/mol. The van der Waals surface area contributed by atoms with Crippen LogP contribution in [0.3, 0.4) is 0 Å². The van der Waals surface area contributed by atoms with Crippen molar-refractivity contribution in [1.29, 1.82) is 0 Å². The highest BCUT2D eigenvalue weighted by Gasteiger charge is 2.23. The molecule has 1 aliphatic carbocycles. The van der Waals surface area contributed by atoms with Gasteiger partial charge in [0.1, 0.15) is 0 Å². The number of hydrogen-bond donors (Lipinski definition) is 2. The molecule has 1 fully saturated rings. The molecule has 2 rings (SSSR count). The molecule has 2 unspecified atom stereocenters. The van der Waals surface area contributed by atoms with Crippen LogP contribution in [0.1, 0.15) is 50.6 Å². The number of aliphatic hydroxyl groups is 1. The average molecular weight is 312 g/mol. The van der Waals surface area contributed by atoms with Crippen LogP contribution in [-0.2, 0) is 0 Å². The van der Waals surface area contributed by atoms with Crippen LogP contribution in [0.15, 0.2) is 28.7 Å². The third-order valence-electron chi connectivity index (χ3n) is 3.81. The quantitative estimate of drug-likeness (QED) is 0.832. The fraction of sp³-hybridized carbons (Fsp3) is 0.600. The molecule has 2 N–H and O–H groups in total. The molecule has 100 valence electrons. The van der Waals surface area contributed by atoms with Gasteiger partial charge in [0.05, 0.1) is 6.10 Å². The van der Waals surface area contributed by atoms with E-state index in [2.05, 4.69) is 52.4 Å². The molecule has 0 saturated heterocycles. The van der Waals surface area contributed by atoms with Gasteiger partial charge in [-0.3, -0.25) is 0 Å². The van der Waals surface area contributed by atoms with E-state index in [1.54, 1.807) is 0 Å². The molecule has 2 nitrogen and oxygen atoms in total. The number of aliphatic hydroxyl groups excluding tert-OH is 1. The number of halogens is 1. The van der Waals surface area contributed by atoms with E-state index in [9.17, 15) is 5.11 Å². The summed E-state index contributed by atoms with van der Waals surface area (Å²) in [5.74, 6) is 0. The normalized spacial score (nSPS) is 26.6. The van der Waals surface area contributed by atoms with Crippen molar-refractivity contribution in [3.05, 3.63) is 34.3 Å². The van der Waals surface area contributed by atoms with Crippen LogP contribution < -0.4 is 5.32 Å². The van der Waals surface area contributed by atoms with Gasteiger partial charge in [-0.1, -0.05) is 47.3 Å². The summed E-state index contributed by atoms with van der Waals surface area (Å²) in [6.07, 6.45) is 5.47. The largest absolute Gasteiger partial charge is 0.392 e. The highest BCUT2D eigenvalue weighted by Crippen LogP contribution is 2.22. The summed E-state index contributed by atoms with van der Waals surface area (Å²) in [6.45, 7) is 2.17. The van der Waals surface area contributed by atoms with E-state index in [1.165, 1.54) is 18.4 Å². The van der Waals surface area contributed by atoms with E-state index in [4.69, 9.17) is 0 Å². The third kappa shape index (κ3) is 3.81. The summed E-state index contributed by atoms with van der Waals surface area (Å²) in [5, 5.41) is 13.7. The zero-order valence-electron chi connectivity index (χ0n) is 10.9. The van der Waals surface area contributed by atoms with Gasteiger partial charge in [-0.25, -0.2) is 0 Å². The summed E-state index contributed by atoms with van der Waals surface area (Å²) in [4.78, 5) is 0. The molecular formula is C15H22BrNO. The minimum absolute atomic E-state index is 0.189. The molecule has 1 aliphatic rings. The third-order valence-corrected chi connectivity index (χ3v) is 4.34. The van der Waals surface area contributed by atoms with Crippen molar-refractivity contribution in [1.82, 2.24) is 5.32 Å². The lowest BCUT2D eigenvalue weighted by Crippen LogP contribution is -2.40. The van der Waals surface area contributed by atoms with Gasteiger partial charge in [-0.15, -0.1) is 0 Å². The van der Waals surface area contributed by atoms with Gasteiger partial charge < -0.3 is 10.4 Å².